The molecule has 0 aliphatic heterocycles. The highest BCUT2D eigenvalue weighted by molar-refractivity contribution is 7.10. The molecule has 0 fully saturated rings. The van der Waals surface area contributed by atoms with E-state index >= 15 is 0 Å². The van der Waals surface area contributed by atoms with E-state index in [4.69, 9.17) is 10.8 Å². The number of hydrogen-bond donors (Lipinski definition) is 2. The number of nitrogens with two attached hydrogens (primary N) is 1. The van der Waals surface area contributed by atoms with E-state index in [1.807, 2.05) is 11.4 Å². The van der Waals surface area contributed by atoms with E-state index in [0.717, 1.165) is 10.4 Å². The second kappa shape index (κ2) is 3.67. The Morgan fingerprint density at radius 3 is 3.00 bits per heavy atom. The van der Waals surface area contributed by atoms with Gasteiger partial charge in [-0.25, -0.2) is 0 Å². The maximum Gasteiger partial charge on any atom is 0.0774 e. The third-order valence-corrected chi connectivity index (χ3v) is 2.41. The summed E-state index contributed by atoms with van der Waals surface area (Å²) in [6.07, 6.45) is 1.68. The molecule has 0 amide bonds. The second-order valence-corrected chi connectivity index (χ2v) is 3.26. The van der Waals surface area contributed by atoms with Gasteiger partial charge in [0.05, 0.1) is 6.61 Å². The van der Waals surface area contributed by atoms with Crippen LogP contribution in [0.3, 0.4) is 0 Å². The van der Waals surface area contributed by atoms with Crippen molar-refractivity contribution in [2.45, 2.75) is 12.6 Å². The zero-order valence-electron chi connectivity index (χ0n) is 6.16. The average molecular weight is 169 g/mol. The van der Waals surface area contributed by atoms with Crippen LogP contribution in [0.2, 0.25) is 0 Å². The minimum atomic E-state index is -0.105. The van der Waals surface area contributed by atoms with Crippen molar-refractivity contribution in [3.63, 3.8) is 0 Å². The molecule has 1 rings (SSSR count). The first kappa shape index (κ1) is 8.46. The van der Waals surface area contributed by atoms with Crippen molar-refractivity contribution in [3.05, 3.63) is 34.5 Å². The van der Waals surface area contributed by atoms with Gasteiger partial charge < -0.3 is 10.8 Å². The quantitative estimate of drug-likeness (QED) is 0.672. The Hall–Kier alpha value is -0.640. The fraction of sp³-hybridized carbons (Fsp3) is 0.250. The lowest BCUT2D eigenvalue weighted by Crippen LogP contribution is -2.04. The zero-order valence-corrected chi connectivity index (χ0v) is 6.97. The summed E-state index contributed by atoms with van der Waals surface area (Å²) < 4.78 is 0. The molecule has 0 spiro atoms. The Balaban J connectivity index is 2.79. The molecular weight excluding hydrogens is 158 g/mol. The van der Waals surface area contributed by atoms with E-state index in [2.05, 4.69) is 6.58 Å². The van der Waals surface area contributed by atoms with Crippen molar-refractivity contribution >= 4 is 11.3 Å². The molecular formula is C8H11NOS. The molecule has 0 aliphatic rings. The number of aliphatic hydroxyl groups excluding tert-OH is 1. The first-order valence-electron chi connectivity index (χ1n) is 3.34. The summed E-state index contributed by atoms with van der Waals surface area (Å²) in [5.41, 5.74) is 6.69. The van der Waals surface area contributed by atoms with Gasteiger partial charge in [-0.05, 0) is 17.0 Å². The van der Waals surface area contributed by atoms with Crippen LogP contribution in [0, 0.1) is 0 Å². The van der Waals surface area contributed by atoms with Crippen LogP contribution in [0.5, 0.6) is 0 Å². The molecule has 1 aromatic heterocycles. The van der Waals surface area contributed by atoms with E-state index in [0.29, 0.717) is 0 Å². The van der Waals surface area contributed by atoms with Gasteiger partial charge >= 0.3 is 0 Å². The molecule has 3 N–H and O–H groups in total. The maximum absolute atomic E-state index is 8.75. The fourth-order valence-electron chi connectivity index (χ4n) is 0.791. The summed E-state index contributed by atoms with van der Waals surface area (Å²) in [5.74, 6) is 0. The number of rotatable bonds is 3. The van der Waals surface area contributed by atoms with Crippen molar-refractivity contribution in [3.8, 4) is 0 Å². The lowest BCUT2D eigenvalue weighted by molar-refractivity contribution is 0.285. The summed E-state index contributed by atoms with van der Waals surface area (Å²) in [6.45, 7) is 3.68. The van der Waals surface area contributed by atoms with Gasteiger partial charge in [-0.2, -0.15) is 0 Å². The van der Waals surface area contributed by atoms with Crippen molar-refractivity contribution in [2.75, 3.05) is 0 Å². The summed E-state index contributed by atoms with van der Waals surface area (Å²) >= 11 is 1.52. The normalized spacial score (nSPS) is 12.9. The van der Waals surface area contributed by atoms with Crippen LogP contribution in [-0.2, 0) is 6.61 Å². The summed E-state index contributed by atoms with van der Waals surface area (Å²) in [4.78, 5) is 0.942. The van der Waals surface area contributed by atoms with E-state index in [1.54, 1.807) is 6.08 Å². The monoisotopic (exact) mass is 169 g/mol. The summed E-state index contributed by atoms with van der Waals surface area (Å²) in [6, 6.07) is 1.79. The van der Waals surface area contributed by atoms with Gasteiger partial charge in [-0.15, -0.1) is 17.9 Å². The first-order chi connectivity index (χ1) is 5.27. The van der Waals surface area contributed by atoms with Crippen LogP contribution in [0.1, 0.15) is 16.5 Å². The number of aliphatic hydroxyl groups is 1. The molecule has 0 saturated carbocycles. The van der Waals surface area contributed by atoms with Gasteiger partial charge in [0.25, 0.3) is 0 Å². The van der Waals surface area contributed by atoms with Gasteiger partial charge in [0.2, 0.25) is 0 Å². The third-order valence-electron chi connectivity index (χ3n) is 1.47. The Kier molecular flexibility index (Phi) is 2.82. The van der Waals surface area contributed by atoms with Gasteiger partial charge in [-0.1, -0.05) is 6.08 Å². The van der Waals surface area contributed by atoms with Crippen LogP contribution in [0.15, 0.2) is 24.1 Å². The van der Waals surface area contributed by atoms with Crippen LogP contribution in [-0.4, -0.2) is 5.11 Å². The van der Waals surface area contributed by atoms with Gasteiger partial charge in [0.15, 0.2) is 0 Å². The lowest BCUT2D eigenvalue weighted by atomic mass is 10.1. The Bertz CT molecular complexity index is 244. The molecule has 0 unspecified atom stereocenters. The van der Waals surface area contributed by atoms with Gasteiger partial charge in [0.1, 0.15) is 0 Å². The summed E-state index contributed by atoms with van der Waals surface area (Å²) in [5, 5.41) is 10.7. The van der Waals surface area contributed by atoms with Crippen LogP contribution < -0.4 is 5.73 Å². The molecule has 3 heteroatoms. The highest BCUT2D eigenvalue weighted by Gasteiger charge is 2.03. The summed E-state index contributed by atoms with van der Waals surface area (Å²) in [7, 11) is 0. The lowest BCUT2D eigenvalue weighted by Gasteiger charge is -1.99. The molecule has 11 heavy (non-hydrogen) atoms. The van der Waals surface area contributed by atoms with Gasteiger partial charge in [-0.3, -0.25) is 0 Å². The number of hydrogen-bond acceptors (Lipinski definition) is 3. The molecule has 0 saturated heterocycles. The van der Waals surface area contributed by atoms with Crippen molar-refractivity contribution in [1.29, 1.82) is 0 Å². The Morgan fingerprint density at radius 2 is 2.55 bits per heavy atom. The molecule has 0 bridgehead atoms. The van der Waals surface area contributed by atoms with Crippen molar-refractivity contribution in [2.24, 2.45) is 5.73 Å². The fourth-order valence-corrected chi connectivity index (χ4v) is 1.58. The molecule has 1 heterocycles. The molecule has 2 nitrogen and oxygen atoms in total. The molecule has 0 aromatic carbocycles. The Morgan fingerprint density at radius 1 is 1.82 bits per heavy atom. The highest BCUT2D eigenvalue weighted by Crippen LogP contribution is 2.19. The SMILES string of the molecule is C=C[C@H](N)c1csc(CO)c1. The standard InChI is InChI=1S/C8H11NOS/c1-2-8(9)6-3-7(4-10)11-5-6/h2-3,5,8,10H,1,4,9H2/t8-/m0/s1. The predicted octanol–water partition coefficient (Wildman–Crippen LogP) is 1.43. The first-order valence-corrected chi connectivity index (χ1v) is 4.22. The largest absolute Gasteiger partial charge is 0.391 e. The highest BCUT2D eigenvalue weighted by atomic mass is 32.1. The molecule has 1 atom stereocenters. The topological polar surface area (TPSA) is 46.2 Å². The average Bonchev–Trinajstić information content (AvgIpc) is 2.50. The van der Waals surface area contributed by atoms with Crippen LogP contribution in [0.25, 0.3) is 0 Å². The van der Waals surface area contributed by atoms with Crippen LogP contribution >= 0.6 is 11.3 Å². The minimum absolute atomic E-state index is 0.0918. The van der Waals surface area contributed by atoms with E-state index in [1.165, 1.54) is 11.3 Å². The number of thiophene rings is 1. The second-order valence-electron chi connectivity index (χ2n) is 2.27. The van der Waals surface area contributed by atoms with Crippen molar-refractivity contribution in [1.82, 2.24) is 0 Å². The predicted molar refractivity (Wildman–Crippen MR) is 47.4 cm³/mol. The third kappa shape index (κ3) is 1.89. The molecule has 1 aromatic rings. The maximum atomic E-state index is 8.75. The van der Waals surface area contributed by atoms with E-state index in [-0.39, 0.29) is 12.6 Å². The Labute approximate surface area is 70.0 Å². The smallest absolute Gasteiger partial charge is 0.0774 e. The van der Waals surface area contributed by atoms with Crippen LogP contribution in [0.4, 0.5) is 0 Å². The molecule has 0 radical (unpaired) electrons. The molecule has 0 aliphatic carbocycles. The minimum Gasteiger partial charge on any atom is -0.391 e. The van der Waals surface area contributed by atoms with Crippen molar-refractivity contribution < 1.29 is 5.11 Å². The zero-order chi connectivity index (χ0) is 8.27. The van der Waals surface area contributed by atoms with E-state index in [9.17, 15) is 0 Å². The van der Waals surface area contributed by atoms with Gasteiger partial charge in [0, 0.05) is 10.9 Å². The van der Waals surface area contributed by atoms with E-state index < -0.39 is 0 Å². The molecule has 60 valence electrons.